The van der Waals surface area contributed by atoms with E-state index in [0.717, 1.165) is 0 Å². The zero-order valence-electron chi connectivity index (χ0n) is 9.88. The second-order valence-corrected chi connectivity index (χ2v) is 3.82. The second kappa shape index (κ2) is 5.55. The maximum absolute atomic E-state index is 13.6. The summed E-state index contributed by atoms with van der Waals surface area (Å²) in [6, 6.07) is 6.06. The summed E-state index contributed by atoms with van der Waals surface area (Å²) >= 11 is 0. The molecule has 0 amide bonds. The third-order valence-corrected chi connectivity index (χ3v) is 2.41. The highest BCUT2D eigenvalue weighted by atomic mass is 19.1. The molecule has 18 heavy (non-hydrogen) atoms. The van der Waals surface area contributed by atoms with Crippen molar-refractivity contribution in [1.82, 2.24) is 9.97 Å². The van der Waals surface area contributed by atoms with Crippen molar-refractivity contribution < 1.29 is 14.2 Å². The van der Waals surface area contributed by atoms with Gasteiger partial charge in [-0.1, -0.05) is 6.07 Å². The second-order valence-electron chi connectivity index (χ2n) is 3.82. The molecular weight excluding hydrogens is 235 g/mol. The third-order valence-electron chi connectivity index (χ3n) is 2.41. The monoisotopic (exact) mass is 248 g/mol. The maximum atomic E-state index is 13.6. The number of hydrogen-bond acceptors (Lipinski definition) is 4. The summed E-state index contributed by atoms with van der Waals surface area (Å²) in [6.07, 6.45) is 2.49. The predicted molar refractivity (Wildman–Crippen MR) is 63.4 cm³/mol. The molecule has 0 aliphatic carbocycles. The topological polar surface area (TPSA) is 55.2 Å². The van der Waals surface area contributed by atoms with Gasteiger partial charge in [-0.15, -0.1) is 0 Å². The summed E-state index contributed by atoms with van der Waals surface area (Å²) in [7, 11) is 0. The fourth-order valence-electron chi connectivity index (χ4n) is 1.44. The van der Waals surface area contributed by atoms with E-state index in [4.69, 9.17) is 4.74 Å². The number of benzene rings is 1. The Hall–Kier alpha value is -2.01. The first-order valence-corrected chi connectivity index (χ1v) is 5.53. The van der Waals surface area contributed by atoms with Crippen LogP contribution in [-0.4, -0.2) is 15.1 Å². The average molecular weight is 248 g/mol. The van der Waals surface area contributed by atoms with Crippen LogP contribution in [-0.2, 0) is 6.61 Å². The average Bonchev–Trinajstić information content (AvgIpc) is 2.38. The number of halogens is 1. The van der Waals surface area contributed by atoms with Gasteiger partial charge in [0.1, 0.15) is 6.61 Å². The van der Waals surface area contributed by atoms with Crippen molar-refractivity contribution in [1.29, 1.82) is 0 Å². The summed E-state index contributed by atoms with van der Waals surface area (Å²) in [5.41, 5.74) is 0.510. The molecule has 4 nitrogen and oxygen atoms in total. The predicted octanol–water partition coefficient (Wildman–Crippen LogP) is 2.25. The van der Waals surface area contributed by atoms with Crippen molar-refractivity contribution in [3.63, 3.8) is 0 Å². The van der Waals surface area contributed by atoms with E-state index < -0.39 is 11.9 Å². The van der Waals surface area contributed by atoms with Crippen molar-refractivity contribution in [3.8, 4) is 5.75 Å². The van der Waals surface area contributed by atoms with Crippen molar-refractivity contribution in [2.75, 3.05) is 0 Å². The van der Waals surface area contributed by atoms with Crippen LogP contribution < -0.4 is 4.74 Å². The molecule has 0 aliphatic rings. The number of nitrogens with zero attached hydrogens (tertiary/aromatic N) is 2. The van der Waals surface area contributed by atoms with Gasteiger partial charge < -0.3 is 9.84 Å². The zero-order valence-corrected chi connectivity index (χ0v) is 9.88. The maximum Gasteiger partial charge on any atom is 0.166 e. The normalized spacial score (nSPS) is 12.2. The highest BCUT2D eigenvalue weighted by Crippen LogP contribution is 2.22. The van der Waals surface area contributed by atoms with E-state index in [1.54, 1.807) is 31.5 Å². The van der Waals surface area contributed by atoms with E-state index in [-0.39, 0.29) is 12.4 Å². The number of hydrogen-bond donors (Lipinski definition) is 1. The van der Waals surface area contributed by atoms with Crippen LogP contribution in [0.5, 0.6) is 5.75 Å². The summed E-state index contributed by atoms with van der Waals surface area (Å²) in [5.74, 6) is 0.0905. The van der Waals surface area contributed by atoms with Crippen LogP contribution in [0, 0.1) is 5.82 Å². The Labute approximate surface area is 104 Å². The lowest BCUT2D eigenvalue weighted by atomic mass is 10.1. The van der Waals surface area contributed by atoms with Gasteiger partial charge in [-0.2, -0.15) is 0 Å². The summed E-state index contributed by atoms with van der Waals surface area (Å²) < 4.78 is 18.9. The van der Waals surface area contributed by atoms with E-state index in [2.05, 4.69) is 9.97 Å². The van der Waals surface area contributed by atoms with Crippen molar-refractivity contribution in [2.24, 2.45) is 0 Å². The Kier molecular flexibility index (Phi) is 3.84. The third kappa shape index (κ3) is 3.01. The molecule has 0 aliphatic heterocycles. The molecule has 0 saturated carbocycles. The molecule has 94 valence electrons. The van der Waals surface area contributed by atoms with Crippen molar-refractivity contribution >= 4 is 0 Å². The molecule has 0 radical (unpaired) electrons. The Bertz CT molecular complexity index is 518. The zero-order chi connectivity index (χ0) is 13.0. The van der Waals surface area contributed by atoms with Crippen molar-refractivity contribution in [2.45, 2.75) is 19.6 Å². The molecular formula is C13H13FN2O2. The van der Waals surface area contributed by atoms with Gasteiger partial charge in [0, 0.05) is 12.4 Å². The molecule has 5 heteroatoms. The van der Waals surface area contributed by atoms with E-state index in [0.29, 0.717) is 11.4 Å². The highest BCUT2D eigenvalue weighted by molar-refractivity contribution is 5.30. The van der Waals surface area contributed by atoms with Crippen LogP contribution in [0.1, 0.15) is 24.4 Å². The van der Waals surface area contributed by atoms with E-state index in [1.807, 2.05) is 0 Å². The molecule has 0 unspecified atom stereocenters. The first kappa shape index (κ1) is 12.4. The molecule has 0 saturated heterocycles. The Morgan fingerprint density at radius 1 is 1.33 bits per heavy atom. The van der Waals surface area contributed by atoms with Gasteiger partial charge in [-0.3, -0.25) is 0 Å². The first-order valence-electron chi connectivity index (χ1n) is 5.53. The lowest BCUT2D eigenvalue weighted by molar-refractivity contribution is 0.198. The molecule has 2 aromatic rings. The van der Waals surface area contributed by atoms with Crippen LogP contribution in [0.3, 0.4) is 0 Å². The van der Waals surface area contributed by atoms with Gasteiger partial charge >= 0.3 is 0 Å². The summed E-state index contributed by atoms with van der Waals surface area (Å²) in [4.78, 5) is 7.94. The van der Waals surface area contributed by atoms with E-state index in [1.165, 1.54) is 12.1 Å². The van der Waals surface area contributed by atoms with Crippen LogP contribution in [0.25, 0.3) is 0 Å². The van der Waals surface area contributed by atoms with Gasteiger partial charge in [0.2, 0.25) is 0 Å². The highest BCUT2D eigenvalue weighted by Gasteiger charge is 2.08. The quantitative estimate of drug-likeness (QED) is 0.901. The van der Waals surface area contributed by atoms with Gasteiger partial charge in [0.05, 0.1) is 6.10 Å². The molecule has 2 rings (SSSR count). The number of aromatic nitrogens is 2. The minimum Gasteiger partial charge on any atom is -0.483 e. The van der Waals surface area contributed by atoms with Crippen LogP contribution in [0.4, 0.5) is 4.39 Å². The minimum atomic E-state index is -0.703. The Balaban J connectivity index is 2.06. The smallest absolute Gasteiger partial charge is 0.166 e. The van der Waals surface area contributed by atoms with E-state index >= 15 is 0 Å². The number of ether oxygens (including phenoxy) is 1. The lowest BCUT2D eigenvalue weighted by Crippen LogP contribution is -2.02. The molecule has 1 heterocycles. The molecule has 0 bridgehead atoms. The standard InChI is InChI=1S/C13H13FN2O2/c1-9(17)10-3-4-12(11(14)7-10)18-8-13-15-5-2-6-16-13/h2-7,9,17H,8H2,1H3/t9-/m0/s1. The molecule has 1 atom stereocenters. The van der Waals surface area contributed by atoms with Crippen LogP contribution in [0.2, 0.25) is 0 Å². The molecule has 1 N–H and O–H groups in total. The SMILES string of the molecule is C[C@H](O)c1ccc(OCc2ncccn2)c(F)c1. The summed E-state index contributed by atoms with van der Waals surface area (Å²) in [5, 5.41) is 9.32. The largest absolute Gasteiger partial charge is 0.483 e. The fraction of sp³-hybridized carbons (Fsp3) is 0.231. The first-order chi connectivity index (χ1) is 8.66. The number of rotatable bonds is 4. The fourth-order valence-corrected chi connectivity index (χ4v) is 1.44. The van der Waals surface area contributed by atoms with Gasteiger partial charge in [-0.05, 0) is 30.7 Å². The molecule has 0 spiro atoms. The Morgan fingerprint density at radius 3 is 2.67 bits per heavy atom. The number of aliphatic hydroxyl groups is 1. The molecule has 1 aromatic carbocycles. The summed E-state index contributed by atoms with van der Waals surface area (Å²) in [6.45, 7) is 1.68. The molecule has 1 aromatic heterocycles. The molecule has 0 fully saturated rings. The van der Waals surface area contributed by atoms with Crippen LogP contribution in [0.15, 0.2) is 36.7 Å². The lowest BCUT2D eigenvalue weighted by Gasteiger charge is -2.09. The Morgan fingerprint density at radius 2 is 2.06 bits per heavy atom. The number of aliphatic hydroxyl groups excluding tert-OH is 1. The van der Waals surface area contributed by atoms with Gasteiger partial charge in [0.15, 0.2) is 17.4 Å². The minimum absolute atomic E-state index is 0.103. The van der Waals surface area contributed by atoms with Crippen molar-refractivity contribution in [3.05, 3.63) is 53.9 Å². The van der Waals surface area contributed by atoms with Gasteiger partial charge in [0.25, 0.3) is 0 Å². The van der Waals surface area contributed by atoms with E-state index in [9.17, 15) is 9.50 Å². The van der Waals surface area contributed by atoms with Crippen LogP contribution >= 0.6 is 0 Å². The van der Waals surface area contributed by atoms with Gasteiger partial charge in [-0.25, -0.2) is 14.4 Å².